The molecule has 2 fully saturated rings. The van der Waals surface area contributed by atoms with E-state index in [0.29, 0.717) is 0 Å². The zero-order valence-corrected chi connectivity index (χ0v) is 14.1. The van der Waals surface area contributed by atoms with Crippen molar-refractivity contribution in [3.63, 3.8) is 0 Å². The van der Waals surface area contributed by atoms with Gasteiger partial charge in [-0.25, -0.2) is 0 Å². The highest BCUT2D eigenvalue weighted by Gasteiger charge is 2.47. The van der Waals surface area contributed by atoms with Crippen molar-refractivity contribution in [3.8, 4) is 0 Å². The molecule has 2 saturated carbocycles. The molecule has 2 aliphatic carbocycles. The minimum atomic E-state index is 0.802. The van der Waals surface area contributed by atoms with Crippen molar-refractivity contribution < 1.29 is 0 Å². The van der Waals surface area contributed by atoms with E-state index < -0.39 is 0 Å². The third-order valence-electron chi connectivity index (χ3n) is 5.71. The topological polar surface area (TPSA) is 3.24 Å². The third kappa shape index (κ3) is 2.33. The van der Waals surface area contributed by atoms with E-state index in [-0.39, 0.29) is 0 Å². The van der Waals surface area contributed by atoms with Crippen LogP contribution in [0.2, 0.25) is 0 Å². The van der Waals surface area contributed by atoms with Gasteiger partial charge < -0.3 is 4.90 Å². The molecule has 0 amide bonds. The van der Waals surface area contributed by atoms with Gasteiger partial charge in [0.15, 0.2) is 0 Å². The summed E-state index contributed by atoms with van der Waals surface area (Å²) in [5.74, 6) is 3.59. The monoisotopic (exact) mass is 299 g/mol. The molecule has 0 radical (unpaired) electrons. The predicted octanol–water partition coefficient (Wildman–Crippen LogP) is 4.90. The van der Waals surface area contributed by atoms with Crippen LogP contribution in [0.25, 0.3) is 10.1 Å². The van der Waals surface area contributed by atoms with Crippen LogP contribution in [0.5, 0.6) is 0 Å². The predicted molar refractivity (Wildman–Crippen MR) is 92.2 cm³/mol. The number of nitrogens with zero attached hydrogens (tertiary/aromatic N) is 1. The van der Waals surface area contributed by atoms with Gasteiger partial charge >= 0.3 is 0 Å². The van der Waals surface area contributed by atoms with E-state index in [2.05, 4.69) is 50.2 Å². The first kappa shape index (κ1) is 13.8. The first-order chi connectivity index (χ1) is 10.1. The van der Waals surface area contributed by atoms with Crippen molar-refractivity contribution in [1.82, 2.24) is 4.90 Å². The van der Waals surface area contributed by atoms with Crippen LogP contribution in [0.4, 0.5) is 0 Å². The molecule has 0 N–H and O–H groups in total. The summed E-state index contributed by atoms with van der Waals surface area (Å²) >= 11 is 1.92. The SMILES string of the molecule is Cc1cc2cc([C@@H]3[C@@H]4CC[C@@H](C4)[C@@H]3CN(C)C)ccc2s1. The molecule has 0 saturated heterocycles. The molecule has 1 aromatic carbocycles. The Balaban J connectivity index is 1.71. The van der Waals surface area contributed by atoms with E-state index in [9.17, 15) is 0 Å². The normalized spacial score (nSPS) is 31.6. The molecule has 0 aliphatic heterocycles. The lowest BCUT2D eigenvalue weighted by Crippen LogP contribution is -2.30. The minimum absolute atomic E-state index is 0.802. The van der Waals surface area contributed by atoms with Crippen molar-refractivity contribution in [3.05, 3.63) is 34.7 Å². The number of aryl methyl sites for hydroxylation is 1. The van der Waals surface area contributed by atoms with Crippen molar-refractivity contribution >= 4 is 21.4 Å². The third-order valence-corrected chi connectivity index (χ3v) is 6.74. The van der Waals surface area contributed by atoms with Gasteiger partial charge in [0.2, 0.25) is 0 Å². The summed E-state index contributed by atoms with van der Waals surface area (Å²) in [4.78, 5) is 3.82. The lowest BCUT2D eigenvalue weighted by molar-refractivity contribution is 0.219. The summed E-state index contributed by atoms with van der Waals surface area (Å²) in [6, 6.07) is 9.64. The Morgan fingerprint density at radius 1 is 1.14 bits per heavy atom. The van der Waals surface area contributed by atoms with Gasteiger partial charge in [-0.05, 0) is 87.0 Å². The van der Waals surface area contributed by atoms with E-state index in [1.54, 1.807) is 5.56 Å². The largest absolute Gasteiger partial charge is 0.309 e. The van der Waals surface area contributed by atoms with Crippen LogP contribution in [0.1, 0.15) is 35.6 Å². The van der Waals surface area contributed by atoms with Crippen molar-refractivity contribution in [2.75, 3.05) is 20.6 Å². The Hall–Kier alpha value is -0.860. The summed E-state index contributed by atoms with van der Waals surface area (Å²) in [5.41, 5.74) is 1.61. The lowest BCUT2D eigenvalue weighted by Gasteiger charge is -2.33. The second-order valence-electron chi connectivity index (χ2n) is 7.44. The maximum absolute atomic E-state index is 2.49. The Morgan fingerprint density at radius 2 is 1.95 bits per heavy atom. The number of benzene rings is 1. The van der Waals surface area contributed by atoms with E-state index in [1.807, 2.05) is 11.3 Å². The van der Waals surface area contributed by atoms with Gasteiger partial charge in [-0.2, -0.15) is 0 Å². The zero-order chi connectivity index (χ0) is 14.6. The standard InChI is InChI=1S/C19H25NS/c1-12-8-16-10-15(6-7-18(16)21-12)19-14-5-4-13(9-14)17(19)11-20(2)3/h6-8,10,13-14,17,19H,4-5,9,11H2,1-3H3/t13-,14+,17-,19-/m0/s1. The van der Waals surface area contributed by atoms with Gasteiger partial charge in [0, 0.05) is 16.1 Å². The number of hydrogen-bond acceptors (Lipinski definition) is 2. The highest BCUT2D eigenvalue weighted by Crippen LogP contribution is 2.57. The van der Waals surface area contributed by atoms with Crippen LogP contribution < -0.4 is 0 Å². The molecule has 1 nitrogen and oxygen atoms in total. The van der Waals surface area contributed by atoms with E-state index in [0.717, 1.165) is 23.7 Å². The molecule has 4 atom stereocenters. The van der Waals surface area contributed by atoms with Crippen molar-refractivity contribution in [1.29, 1.82) is 0 Å². The average Bonchev–Trinajstić information content (AvgIpc) is 3.09. The second-order valence-corrected chi connectivity index (χ2v) is 8.73. The maximum Gasteiger partial charge on any atom is 0.0345 e. The van der Waals surface area contributed by atoms with Crippen molar-refractivity contribution in [2.45, 2.75) is 32.1 Å². The Bertz CT molecular complexity index is 657. The number of thiophene rings is 1. The second kappa shape index (κ2) is 5.10. The first-order valence-electron chi connectivity index (χ1n) is 8.26. The fraction of sp³-hybridized carbons (Fsp3) is 0.579. The summed E-state index contributed by atoms with van der Waals surface area (Å²) in [7, 11) is 4.46. The molecule has 1 heterocycles. The Labute approximate surface area is 132 Å². The minimum Gasteiger partial charge on any atom is -0.309 e. The molecule has 2 heteroatoms. The van der Waals surface area contributed by atoms with Gasteiger partial charge in [0.25, 0.3) is 0 Å². The van der Waals surface area contributed by atoms with Crippen LogP contribution in [0, 0.1) is 24.7 Å². The van der Waals surface area contributed by atoms with Crippen LogP contribution in [-0.2, 0) is 0 Å². The molecular weight excluding hydrogens is 274 g/mol. The van der Waals surface area contributed by atoms with E-state index in [1.165, 1.54) is 40.8 Å². The quantitative estimate of drug-likeness (QED) is 0.779. The molecular formula is C19H25NS. The van der Waals surface area contributed by atoms with Crippen molar-refractivity contribution in [2.24, 2.45) is 17.8 Å². The van der Waals surface area contributed by atoms with Gasteiger partial charge in [0.05, 0.1) is 0 Å². The fourth-order valence-corrected chi connectivity index (χ4v) is 5.92. The van der Waals surface area contributed by atoms with Gasteiger partial charge in [0.1, 0.15) is 0 Å². The van der Waals surface area contributed by atoms with Crippen LogP contribution in [-0.4, -0.2) is 25.5 Å². The van der Waals surface area contributed by atoms with Gasteiger partial charge in [-0.3, -0.25) is 0 Å². The Morgan fingerprint density at radius 3 is 2.76 bits per heavy atom. The molecule has 2 aromatic rings. The number of rotatable bonds is 3. The average molecular weight is 299 g/mol. The van der Waals surface area contributed by atoms with E-state index in [4.69, 9.17) is 0 Å². The summed E-state index contributed by atoms with van der Waals surface area (Å²) in [6.07, 6.45) is 4.41. The summed E-state index contributed by atoms with van der Waals surface area (Å²) in [6.45, 7) is 3.48. The van der Waals surface area contributed by atoms with Gasteiger partial charge in [-0.1, -0.05) is 12.1 Å². The molecule has 21 heavy (non-hydrogen) atoms. The van der Waals surface area contributed by atoms with E-state index >= 15 is 0 Å². The number of fused-ring (bicyclic) bond motifs is 3. The molecule has 2 aliphatic rings. The molecule has 1 aromatic heterocycles. The van der Waals surface area contributed by atoms with Crippen LogP contribution in [0.15, 0.2) is 24.3 Å². The molecule has 2 bridgehead atoms. The molecule has 0 spiro atoms. The molecule has 4 rings (SSSR count). The summed E-state index contributed by atoms with van der Waals surface area (Å²) in [5, 5.41) is 1.46. The smallest absolute Gasteiger partial charge is 0.0345 e. The molecule has 112 valence electrons. The Kier molecular flexibility index (Phi) is 3.35. The van der Waals surface area contributed by atoms with Crippen LogP contribution >= 0.6 is 11.3 Å². The highest BCUT2D eigenvalue weighted by atomic mass is 32.1. The zero-order valence-electron chi connectivity index (χ0n) is 13.3. The first-order valence-corrected chi connectivity index (χ1v) is 9.08. The van der Waals surface area contributed by atoms with Gasteiger partial charge in [-0.15, -0.1) is 11.3 Å². The summed E-state index contributed by atoms with van der Waals surface area (Å²) < 4.78 is 1.45. The fourth-order valence-electron chi connectivity index (χ4n) is 5.02. The number of hydrogen-bond donors (Lipinski definition) is 0. The van der Waals surface area contributed by atoms with Crippen LogP contribution in [0.3, 0.4) is 0 Å². The molecule has 0 unspecified atom stereocenters. The highest BCUT2D eigenvalue weighted by molar-refractivity contribution is 7.19. The maximum atomic E-state index is 2.49. The lowest BCUT2D eigenvalue weighted by atomic mass is 9.75.